The lowest BCUT2D eigenvalue weighted by atomic mass is 10.0. The van der Waals surface area contributed by atoms with E-state index in [9.17, 15) is 0 Å². The lowest BCUT2D eigenvalue weighted by molar-refractivity contribution is 0.317. The highest BCUT2D eigenvalue weighted by Crippen LogP contribution is 2.13. The Labute approximate surface area is 173 Å². The highest BCUT2D eigenvalue weighted by molar-refractivity contribution is 6.65. The van der Waals surface area contributed by atoms with Crippen molar-refractivity contribution in [3.63, 3.8) is 0 Å². The van der Waals surface area contributed by atoms with Crippen molar-refractivity contribution in [1.82, 2.24) is 10.2 Å². The number of rotatable bonds is 18. The van der Waals surface area contributed by atoms with E-state index < -0.39 is 0 Å². The molecule has 1 aliphatic heterocycles. The molecule has 4 nitrogen and oxygen atoms in total. The van der Waals surface area contributed by atoms with Crippen LogP contribution in [-0.4, -0.2) is 36.4 Å². The summed E-state index contributed by atoms with van der Waals surface area (Å²) in [6, 6.07) is 0. The standard InChI is InChI=1S/C22H43ClN4/c1-3-4-5-6-7-8-9-10-11-12-13-14-15-16-17-18-19-24-22-26-21(23)25-20-27(22)2/h20,22,24H,3-19H2,1-2H3. The average Bonchev–Trinajstić information content (AvgIpc) is 2.67. The van der Waals surface area contributed by atoms with Gasteiger partial charge < -0.3 is 4.90 Å². The molecule has 0 saturated heterocycles. The largest absolute Gasteiger partial charge is 0.331 e. The molecule has 1 heterocycles. The van der Waals surface area contributed by atoms with Crippen molar-refractivity contribution in [2.45, 2.75) is 116 Å². The van der Waals surface area contributed by atoms with Gasteiger partial charge in [-0.25, -0.2) is 9.98 Å². The molecule has 158 valence electrons. The summed E-state index contributed by atoms with van der Waals surface area (Å²) in [6.07, 6.45) is 24.1. The van der Waals surface area contributed by atoms with Crippen molar-refractivity contribution in [2.24, 2.45) is 9.98 Å². The third kappa shape index (κ3) is 14.1. The van der Waals surface area contributed by atoms with Gasteiger partial charge in [-0.1, -0.05) is 103 Å². The maximum Gasteiger partial charge on any atom is 0.222 e. The molecular formula is C22H43ClN4. The van der Waals surface area contributed by atoms with Gasteiger partial charge in [0.05, 0.1) is 6.34 Å². The van der Waals surface area contributed by atoms with Crippen LogP contribution in [0.5, 0.6) is 0 Å². The van der Waals surface area contributed by atoms with Gasteiger partial charge in [-0.3, -0.25) is 5.32 Å². The zero-order chi connectivity index (χ0) is 19.6. The van der Waals surface area contributed by atoms with Gasteiger partial charge in [0.15, 0.2) is 6.29 Å². The second kappa shape index (κ2) is 17.5. The molecule has 0 bridgehead atoms. The molecule has 0 aromatic rings. The first-order valence-corrected chi connectivity index (χ1v) is 11.8. The van der Waals surface area contributed by atoms with Crippen LogP contribution in [0, 0.1) is 0 Å². The predicted octanol–water partition coefficient (Wildman–Crippen LogP) is 6.69. The number of unbranched alkanes of at least 4 members (excludes halogenated alkanes) is 15. The minimum atomic E-state index is -0.0636. The van der Waals surface area contributed by atoms with Crippen molar-refractivity contribution in [1.29, 1.82) is 0 Å². The van der Waals surface area contributed by atoms with E-state index in [0.717, 1.165) is 6.54 Å². The molecule has 0 saturated carbocycles. The molecule has 0 amide bonds. The van der Waals surface area contributed by atoms with Crippen molar-refractivity contribution >= 4 is 23.2 Å². The lowest BCUT2D eigenvalue weighted by Gasteiger charge is -2.25. The maximum atomic E-state index is 5.84. The van der Waals surface area contributed by atoms with Crippen LogP contribution in [0.2, 0.25) is 0 Å². The first kappa shape index (κ1) is 24.4. The molecule has 0 aromatic carbocycles. The summed E-state index contributed by atoms with van der Waals surface area (Å²) in [4.78, 5) is 10.2. The topological polar surface area (TPSA) is 40.0 Å². The monoisotopic (exact) mass is 398 g/mol. The van der Waals surface area contributed by atoms with Crippen LogP contribution in [0.3, 0.4) is 0 Å². The number of amidine groups is 1. The second-order valence-electron chi connectivity index (χ2n) is 7.94. The number of hydrogen-bond donors (Lipinski definition) is 1. The number of halogens is 1. The zero-order valence-corrected chi connectivity index (χ0v) is 18.7. The van der Waals surface area contributed by atoms with Crippen molar-refractivity contribution in [2.75, 3.05) is 13.6 Å². The van der Waals surface area contributed by atoms with Gasteiger partial charge in [-0.2, -0.15) is 0 Å². The van der Waals surface area contributed by atoms with Gasteiger partial charge in [0.2, 0.25) is 5.29 Å². The molecular weight excluding hydrogens is 356 g/mol. The van der Waals surface area contributed by atoms with Gasteiger partial charge in [0.25, 0.3) is 0 Å². The first-order chi connectivity index (χ1) is 13.2. The van der Waals surface area contributed by atoms with Gasteiger partial charge in [0.1, 0.15) is 0 Å². The van der Waals surface area contributed by atoms with Crippen molar-refractivity contribution < 1.29 is 0 Å². The molecule has 0 fully saturated rings. The van der Waals surface area contributed by atoms with Crippen LogP contribution in [0.1, 0.15) is 110 Å². The molecule has 0 aliphatic carbocycles. The summed E-state index contributed by atoms with van der Waals surface area (Å²) in [6.45, 7) is 3.27. The highest BCUT2D eigenvalue weighted by atomic mass is 35.5. The Kier molecular flexibility index (Phi) is 15.8. The van der Waals surface area contributed by atoms with Crippen LogP contribution >= 0.6 is 11.6 Å². The fourth-order valence-electron chi connectivity index (χ4n) is 3.52. The van der Waals surface area contributed by atoms with Crippen LogP contribution in [0.15, 0.2) is 9.98 Å². The van der Waals surface area contributed by atoms with Crippen LogP contribution in [0.4, 0.5) is 0 Å². The normalized spacial score (nSPS) is 16.8. The van der Waals surface area contributed by atoms with Crippen molar-refractivity contribution in [3.05, 3.63) is 0 Å². The first-order valence-electron chi connectivity index (χ1n) is 11.5. The number of hydrogen-bond acceptors (Lipinski definition) is 4. The Morgan fingerprint density at radius 1 is 0.815 bits per heavy atom. The summed E-state index contributed by atoms with van der Waals surface area (Å²) in [5.41, 5.74) is 0. The number of aliphatic imine (C=N–C) groups is 2. The second-order valence-corrected chi connectivity index (χ2v) is 8.28. The molecule has 0 radical (unpaired) electrons. The Morgan fingerprint density at radius 3 is 1.74 bits per heavy atom. The Bertz CT molecular complexity index is 398. The van der Waals surface area contributed by atoms with Gasteiger partial charge in [-0.15, -0.1) is 0 Å². The quantitative estimate of drug-likeness (QED) is 0.206. The molecule has 1 atom stereocenters. The third-order valence-electron chi connectivity index (χ3n) is 5.32. The van der Waals surface area contributed by atoms with E-state index in [0.29, 0.717) is 5.29 Å². The van der Waals surface area contributed by atoms with Gasteiger partial charge >= 0.3 is 0 Å². The highest BCUT2D eigenvalue weighted by Gasteiger charge is 2.13. The van der Waals surface area contributed by atoms with E-state index in [-0.39, 0.29) is 6.29 Å². The molecule has 1 rings (SSSR count). The van der Waals surface area contributed by atoms with E-state index in [4.69, 9.17) is 11.6 Å². The Hall–Kier alpha value is -0.610. The predicted molar refractivity (Wildman–Crippen MR) is 121 cm³/mol. The summed E-state index contributed by atoms with van der Waals surface area (Å²) in [7, 11) is 1.96. The summed E-state index contributed by atoms with van der Waals surface area (Å²) in [5.74, 6) is 0. The number of nitrogens with one attached hydrogen (secondary N) is 1. The third-order valence-corrected chi connectivity index (χ3v) is 5.51. The van der Waals surface area contributed by atoms with E-state index >= 15 is 0 Å². The molecule has 27 heavy (non-hydrogen) atoms. The lowest BCUT2D eigenvalue weighted by Crippen LogP contribution is -2.43. The summed E-state index contributed by atoms with van der Waals surface area (Å²) < 4.78 is 0. The average molecular weight is 399 g/mol. The SMILES string of the molecule is CCCCCCCCCCCCCCCCCCNC1N=C(Cl)N=CN1C. The fourth-order valence-corrected chi connectivity index (χ4v) is 3.66. The minimum Gasteiger partial charge on any atom is -0.331 e. The smallest absolute Gasteiger partial charge is 0.222 e. The zero-order valence-electron chi connectivity index (χ0n) is 17.9. The molecule has 1 N–H and O–H groups in total. The van der Waals surface area contributed by atoms with Gasteiger partial charge in [-0.05, 0) is 24.6 Å². The minimum absolute atomic E-state index is 0.0636. The molecule has 1 unspecified atom stereocenters. The van der Waals surface area contributed by atoms with Gasteiger partial charge in [0, 0.05) is 7.05 Å². The maximum absolute atomic E-state index is 5.84. The van der Waals surface area contributed by atoms with E-state index in [2.05, 4.69) is 22.2 Å². The molecule has 0 aromatic heterocycles. The summed E-state index contributed by atoms with van der Waals surface area (Å²) in [5, 5.41) is 3.75. The van der Waals surface area contributed by atoms with E-state index in [1.165, 1.54) is 103 Å². The Morgan fingerprint density at radius 2 is 1.26 bits per heavy atom. The van der Waals surface area contributed by atoms with E-state index in [1.807, 2.05) is 11.9 Å². The van der Waals surface area contributed by atoms with Crippen LogP contribution in [-0.2, 0) is 0 Å². The summed E-state index contributed by atoms with van der Waals surface area (Å²) >= 11 is 5.84. The van der Waals surface area contributed by atoms with Crippen molar-refractivity contribution in [3.8, 4) is 0 Å². The molecule has 5 heteroatoms. The van der Waals surface area contributed by atoms with Crippen LogP contribution < -0.4 is 5.32 Å². The van der Waals surface area contributed by atoms with Crippen LogP contribution in [0.25, 0.3) is 0 Å². The molecule has 1 aliphatic rings. The molecule has 0 spiro atoms. The van der Waals surface area contributed by atoms with E-state index in [1.54, 1.807) is 6.34 Å². The fraction of sp³-hybridized carbons (Fsp3) is 0.909. The Balaban J connectivity index is 1.75. The number of nitrogens with zero attached hydrogens (tertiary/aromatic N) is 3.